The van der Waals surface area contributed by atoms with Gasteiger partial charge in [-0.1, -0.05) is 6.07 Å². The van der Waals surface area contributed by atoms with Crippen molar-refractivity contribution in [3.05, 3.63) is 59.4 Å². The van der Waals surface area contributed by atoms with Gasteiger partial charge in [-0.2, -0.15) is 4.39 Å². The second kappa shape index (κ2) is 4.76. The van der Waals surface area contributed by atoms with E-state index in [1.165, 1.54) is 18.3 Å². The number of pyridine rings is 2. The number of rotatable bonds is 1. The van der Waals surface area contributed by atoms with Crippen molar-refractivity contribution in [2.45, 2.75) is 13.0 Å². The van der Waals surface area contributed by atoms with Crippen molar-refractivity contribution >= 4 is 5.91 Å². The van der Waals surface area contributed by atoms with Crippen molar-refractivity contribution < 1.29 is 9.18 Å². The van der Waals surface area contributed by atoms with Gasteiger partial charge in [0.25, 0.3) is 5.91 Å². The van der Waals surface area contributed by atoms with Crippen LogP contribution in [0.25, 0.3) is 0 Å². The number of carbonyl (C=O) groups excluding carboxylic acids is 1. The van der Waals surface area contributed by atoms with E-state index < -0.39 is 5.95 Å². The molecule has 0 N–H and O–H groups in total. The van der Waals surface area contributed by atoms with Crippen LogP contribution in [-0.2, 0) is 13.0 Å². The summed E-state index contributed by atoms with van der Waals surface area (Å²) in [7, 11) is 0. The minimum Gasteiger partial charge on any atom is -0.334 e. The van der Waals surface area contributed by atoms with E-state index in [1.54, 1.807) is 11.1 Å². The van der Waals surface area contributed by atoms with Gasteiger partial charge in [0.1, 0.15) is 0 Å². The molecule has 0 aliphatic carbocycles. The maximum atomic E-state index is 13.0. The molecule has 19 heavy (non-hydrogen) atoms. The largest absolute Gasteiger partial charge is 0.334 e. The van der Waals surface area contributed by atoms with Gasteiger partial charge in [0.05, 0.1) is 0 Å². The molecule has 0 fully saturated rings. The topological polar surface area (TPSA) is 46.1 Å². The summed E-state index contributed by atoms with van der Waals surface area (Å²) in [4.78, 5) is 21.7. The van der Waals surface area contributed by atoms with Gasteiger partial charge < -0.3 is 4.90 Å². The van der Waals surface area contributed by atoms with Gasteiger partial charge in [-0.3, -0.25) is 9.78 Å². The second-order valence-corrected chi connectivity index (χ2v) is 4.45. The summed E-state index contributed by atoms with van der Waals surface area (Å²) in [5, 5.41) is 0. The average Bonchev–Trinajstić information content (AvgIpc) is 2.46. The van der Waals surface area contributed by atoms with E-state index in [0.29, 0.717) is 18.7 Å². The molecular formula is C14H12FN3O. The molecule has 0 aromatic carbocycles. The van der Waals surface area contributed by atoms with Crippen molar-refractivity contribution in [2.24, 2.45) is 0 Å². The Morgan fingerprint density at radius 3 is 3.00 bits per heavy atom. The Hall–Kier alpha value is -2.30. The average molecular weight is 257 g/mol. The zero-order valence-electron chi connectivity index (χ0n) is 10.2. The number of hydrogen-bond donors (Lipinski definition) is 0. The lowest BCUT2D eigenvalue weighted by molar-refractivity contribution is 0.0733. The smallest absolute Gasteiger partial charge is 0.254 e. The van der Waals surface area contributed by atoms with Crippen LogP contribution in [0.5, 0.6) is 0 Å². The molecule has 0 saturated heterocycles. The Morgan fingerprint density at radius 1 is 1.26 bits per heavy atom. The van der Waals surface area contributed by atoms with Crippen molar-refractivity contribution in [2.75, 3.05) is 6.54 Å². The molecule has 1 amide bonds. The first-order valence-corrected chi connectivity index (χ1v) is 6.07. The first kappa shape index (κ1) is 11.8. The predicted molar refractivity (Wildman–Crippen MR) is 66.9 cm³/mol. The number of nitrogens with zero attached hydrogens (tertiary/aromatic N) is 3. The van der Waals surface area contributed by atoms with E-state index in [9.17, 15) is 9.18 Å². The van der Waals surface area contributed by atoms with Gasteiger partial charge in [-0.25, -0.2) is 4.98 Å². The molecule has 0 unspecified atom stereocenters. The highest BCUT2D eigenvalue weighted by Gasteiger charge is 2.22. The second-order valence-electron chi connectivity index (χ2n) is 4.45. The minimum absolute atomic E-state index is 0.171. The van der Waals surface area contributed by atoms with Crippen LogP contribution in [0.3, 0.4) is 0 Å². The van der Waals surface area contributed by atoms with Crippen molar-refractivity contribution in [3.8, 4) is 0 Å². The molecule has 96 valence electrons. The van der Waals surface area contributed by atoms with Crippen LogP contribution in [0.4, 0.5) is 4.39 Å². The molecule has 0 spiro atoms. The van der Waals surface area contributed by atoms with E-state index in [4.69, 9.17) is 0 Å². The zero-order valence-corrected chi connectivity index (χ0v) is 10.2. The summed E-state index contributed by atoms with van der Waals surface area (Å²) in [6.45, 7) is 1.12. The zero-order chi connectivity index (χ0) is 13.2. The highest BCUT2D eigenvalue weighted by atomic mass is 19.1. The molecule has 0 saturated carbocycles. The summed E-state index contributed by atoms with van der Waals surface area (Å²) < 4.78 is 13.0. The molecule has 1 aliphatic heterocycles. The van der Waals surface area contributed by atoms with Crippen LogP contribution < -0.4 is 0 Å². The fraction of sp³-hybridized carbons (Fsp3) is 0.214. The van der Waals surface area contributed by atoms with Crippen LogP contribution in [0, 0.1) is 5.95 Å². The maximum Gasteiger partial charge on any atom is 0.254 e. The van der Waals surface area contributed by atoms with Gasteiger partial charge in [-0.05, 0) is 17.7 Å². The van der Waals surface area contributed by atoms with Crippen LogP contribution in [-0.4, -0.2) is 27.3 Å². The van der Waals surface area contributed by atoms with E-state index in [0.717, 1.165) is 17.7 Å². The first-order valence-electron chi connectivity index (χ1n) is 6.07. The molecule has 4 nitrogen and oxygen atoms in total. The monoisotopic (exact) mass is 257 g/mol. The van der Waals surface area contributed by atoms with E-state index in [-0.39, 0.29) is 5.91 Å². The maximum absolute atomic E-state index is 13.0. The minimum atomic E-state index is -0.634. The van der Waals surface area contributed by atoms with E-state index >= 15 is 0 Å². The van der Waals surface area contributed by atoms with Gasteiger partial charge in [0.2, 0.25) is 5.95 Å². The third-order valence-electron chi connectivity index (χ3n) is 3.22. The number of amides is 1. The Labute approximate surface area is 109 Å². The molecule has 5 heteroatoms. The first-order chi connectivity index (χ1) is 9.24. The Morgan fingerprint density at radius 2 is 2.16 bits per heavy atom. The molecule has 0 bridgehead atoms. The molecule has 2 aromatic heterocycles. The fourth-order valence-electron chi connectivity index (χ4n) is 2.26. The molecule has 3 rings (SSSR count). The number of hydrogen-bond acceptors (Lipinski definition) is 3. The molecule has 0 atom stereocenters. The lowest BCUT2D eigenvalue weighted by Gasteiger charge is -2.28. The molecule has 3 heterocycles. The summed E-state index contributed by atoms with van der Waals surface area (Å²) in [5.74, 6) is -0.805. The quantitative estimate of drug-likeness (QED) is 0.732. The van der Waals surface area contributed by atoms with Gasteiger partial charge in [-0.15, -0.1) is 0 Å². The van der Waals surface area contributed by atoms with Crippen molar-refractivity contribution in [1.82, 2.24) is 14.9 Å². The van der Waals surface area contributed by atoms with Crippen molar-refractivity contribution in [1.29, 1.82) is 0 Å². The summed E-state index contributed by atoms with van der Waals surface area (Å²) in [6.07, 6.45) is 3.80. The van der Waals surface area contributed by atoms with Gasteiger partial charge >= 0.3 is 0 Å². The fourth-order valence-corrected chi connectivity index (χ4v) is 2.26. The Balaban J connectivity index is 1.83. The standard InChI is InChI=1S/C14H12FN3O/c15-13-8-10(3-6-17-13)14(19)18-7-4-12-11(9-18)2-1-5-16-12/h1-3,5-6,8H,4,7,9H2. The number of fused-ring (bicyclic) bond motifs is 1. The summed E-state index contributed by atoms with van der Waals surface area (Å²) in [6, 6.07) is 6.53. The van der Waals surface area contributed by atoms with E-state index in [1.807, 2.05) is 12.1 Å². The van der Waals surface area contributed by atoms with E-state index in [2.05, 4.69) is 9.97 Å². The van der Waals surface area contributed by atoms with Crippen LogP contribution in [0.1, 0.15) is 21.6 Å². The molecule has 1 aliphatic rings. The van der Waals surface area contributed by atoms with Crippen LogP contribution >= 0.6 is 0 Å². The van der Waals surface area contributed by atoms with Crippen molar-refractivity contribution in [3.63, 3.8) is 0 Å². The highest BCUT2D eigenvalue weighted by Crippen LogP contribution is 2.18. The SMILES string of the molecule is O=C(c1ccnc(F)c1)N1CCc2ncccc2C1. The van der Waals surface area contributed by atoms with Crippen LogP contribution in [0.2, 0.25) is 0 Å². The third kappa shape index (κ3) is 2.31. The molecule has 0 radical (unpaired) electrons. The normalized spacial score (nSPS) is 14.1. The molecule has 2 aromatic rings. The number of halogens is 1. The van der Waals surface area contributed by atoms with Crippen LogP contribution in [0.15, 0.2) is 36.7 Å². The Bertz CT molecular complexity index is 630. The lowest BCUT2D eigenvalue weighted by Crippen LogP contribution is -2.36. The number of carbonyl (C=O) groups is 1. The van der Waals surface area contributed by atoms with Gasteiger partial charge in [0.15, 0.2) is 0 Å². The highest BCUT2D eigenvalue weighted by molar-refractivity contribution is 5.94. The summed E-state index contributed by atoms with van der Waals surface area (Å²) in [5.41, 5.74) is 2.42. The number of aromatic nitrogens is 2. The predicted octanol–water partition coefficient (Wildman–Crippen LogP) is 1.81. The van der Waals surface area contributed by atoms with Gasteiger partial charge in [0, 0.05) is 49.2 Å². The Kier molecular flexibility index (Phi) is 2.95. The summed E-state index contributed by atoms with van der Waals surface area (Å²) >= 11 is 0. The lowest BCUT2D eigenvalue weighted by atomic mass is 10.0. The third-order valence-corrected chi connectivity index (χ3v) is 3.22. The molecular weight excluding hydrogens is 245 g/mol.